The van der Waals surface area contributed by atoms with E-state index in [9.17, 15) is 18.0 Å². The molecule has 0 saturated heterocycles. The molecule has 0 bridgehead atoms. The molecule has 0 N–H and O–H groups in total. The summed E-state index contributed by atoms with van der Waals surface area (Å²) in [5, 5.41) is 0. The van der Waals surface area contributed by atoms with Gasteiger partial charge in [0.1, 0.15) is 6.42 Å². The van der Waals surface area contributed by atoms with Gasteiger partial charge in [0.05, 0.1) is 0 Å². The second-order valence-electron chi connectivity index (χ2n) is 1.23. The Balaban J connectivity index is 3.62. The first-order valence-electron chi connectivity index (χ1n) is 2.05. The molecule has 0 unspecified atom stereocenters. The number of aldehydes is 1. The van der Waals surface area contributed by atoms with E-state index in [-0.39, 0.29) is 6.29 Å². The molecule has 0 aromatic heterocycles. The number of alkyl halides is 3. The van der Waals surface area contributed by atoms with Gasteiger partial charge in [-0.1, -0.05) is 5.92 Å². The highest BCUT2D eigenvalue weighted by molar-refractivity contribution is 5.72. The highest BCUT2D eigenvalue weighted by Gasteiger charge is 2.24. The molecule has 0 aliphatic heterocycles. The van der Waals surface area contributed by atoms with Crippen LogP contribution >= 0.6 is 0 Å². The molecule has 9 heavy (non-hydrogen) atoms. The summed E-state index contributed by atoms with van der Waals surface area (Å²) in [4.78, 5) is 9.35. The first kappa shape index (κ1) is 8.02. The van der Waals surface area contributed by atoms with Gasteiger partial charge in [0.2, 0.25) is 0 Å². The fraction of sp³-hybridized carbons (Fsp3) is 0.400. The van der Waals surface area contributed by atoms with Gasteiger partial charge >= 0.3 is 6.18 Å². The molecule has 0 aliphatic rings. The van der Waals surface area contributed by atoms with E-state index in [1.807, 2.05) is 0 Å². The minimum Gasteiger partial charge on any atom is -0.289 e. The Bertz CT molecular complexity index is 148. The Kier molecular flexibility index (Phi) is 2.79. The zero-order chi connectivity index (χ0) is 7.33. The van der Waals surface area contributed by atoms with Gasteiger partial charge in [-0.25, -0.2) is 0 Å². The lowest BCUT2D eigenvalue weighted by Crippen LogP contribution is -2.04. The number of carbonyl (C=O) groups excluding carboxylic acids is 1. The van der Waals surface area contributed by atoms with Gasteiger partial charge in [-0.2, -0.15) is 13.2 Å². The maximum Gasteiger partial charge on any atom is 0.399 e. The van der Waals surface area contributed by atoms with E-state index in [0.29, 0.717) is 0 Å². The number of hydrogen-bond acceptors (Lipinski definition) is 1. The molecular formula is C5H3F3O. The Morgan fingerprint density at radius 3 is 2.33 bits per heavy atom. The molecule has 1 nitrogen and oxygen atoms in total. The van der Waals surface area contributed by atoms with Gasteiger partial charge in [0, 0.05) is 0 Å². The second kappa shape index (κ2) is 3.13. The summed E-state index contributed by atoms with van der Waals surface area (Å²) in [6.45, 7) is 0. The standard InChI is InChI=1S/C5H3F3O/c6-5(7,8)3-1-2-4-9/h4H,3H2. The molecule has 0 fully saturated rings. The van der Waals surface area contributed by atoms with Crippen molar-refractivity contribution in [2.24, 2.45) is 0 Å². The molecule has 0 aromatic carbocycles. The van der Waals surface area contributed by atoms with Crippen molar-refractivity contribution in [3.63, 3.8) is 0 Å². The average molecular weight is 136 g/mol. The monoisotopic (exact) mass is 136 g/mol. The van der Waals surface area contributed by atoms with Gasteiger partial charge in [-0.15, -0.1) is 0 Å². The van der Waals surface area contributed by atoms with Gasteiger partial charge in [-0.05, 0) is 5.92 Å². The van der Waals surface area contributed by atoms with Crippen molar-refractivity contribution in [1.29, 1.82) is 0 Å². The Morgan fingerprint density at radius 2 is 2.00 bits per heavy atom. The zero-order valence-corrected chi connectivity index (χ0v) is 4.33. The van der Waals surface area contributed by atoms with Gasteiger partial charge in [0.25, 0.3) is 0 Å². The van der Waals surface area contributed by atoms with Crippen LogP contribution in [0.2, 0.25) is 0 Å². The molecule has 50 valence electrons. The van der Waals surface area contributed by atoms with Crippen molar-refractivity contribution in [3.8, 4) is 11.8 Å². The summed E-state index contributed by atoms with van der Waals surface area (Å²) >= 11 is 0. The molecule has 0 heterocycles. The molecule has 4 heteroatoms. The first-order chi connectivity index (χ1) is 4.06. The fourth-order valence-electron chi connectivity index (χ4n) is 0.193. The Hall–Kier alpha value is -0.980. The van der Waals surface area contributed by atoms with Crippen LogP contribution in [0.15, 0.2) is 0 Å². The van der Waals surface area contributed by atoms with E-state index in [0.717, 1.165) is 0 Å². The Labute approximate surface area is 49.9 Å². The number of carbonyl (C=O) groups is 1. The predicted molar refractivity (Wildman–Crippen MR) is 24.5 cm³/mol. The van der Waals surface area contributed by atoms with Crippen molar-refractivity contribution in [3.05, 3.63) is 0 Å². The normalized spacial score (nSPS) is 9.67. The molecular weight excluding hydrogens is 133 g/mol. The summed E-state index contributed by atoms with van der Waals surface area (Å²) in [6, 6.07) is 0. The third-order valence-corrected chi connectivity index (χ3v) is 0.450. The lowest BCUT2D eigenvalue weighted by atomic mass is 10.4. The van der Waals surface area contributed by atoms with Crippen LogP contribution in [-0.2, 0) is 4.79 Å². The molecule has 0 rings (SSSR count). The second-order valence-corrected chi connectivity index (χ2v) is 1.23. The van der Waals surface area contributed by atoms with Crippen molar-refractivity contribution in [2.45, 2.75) is 12.6 Å². The van der Waals surface area contributed by atoms with Crippen LogP contribution in [0.3, 0.4) is 0 Å². The van der Waals surface area contributed by atoms with Crippen LogP contribution < -0.4 is 0 Å². The van der Waals surface area contributed by atoms with E-state index >= 15 is 0 Å². The SMILES string of the molecule is O=CC#CCC(F)(F)F. The zero-order valence-electron chi connectivity index (χ0n) is 4.33. The minimum atomic E-state index is -4.28. The van der Waals surface area contributed by atoms with E-state index < -0.39 is 12.6 Å². The maximum atomic E-state index is 11.2. The minimum absolute atomic E-state index is 0.131. The van der Waals surface area contributed by atoms with Gasteiger partial charge in [-0.3, -0.25) is 4.79 Å². The number of hydrogen-bond donors (Lipinski definition) is 0. The molecule has 0 spiro atoms. The van der Waals surface area contributed by atoms with Gasteiger partial charge in [0.15, 0.2) is 6.29 Å². The number of halogens is 3. The van der Waals surface area contributed by atoms with E-state index in [1.165, 1.54) is 0 Å². The lowest BCUT2D eigenvalue weighted by molar-refractivity contribution is -0.123. The summed E-state index contributed by atoms with van der Waals surface area (Å²) in [6.07, 6.45) is -5.37. The topological polar surface area (TPSA) is 17.1 Å². The van der Waals surface area contributed by atoms with E-state index in [2.05, 4.69) is 0 Å². The Morgan fingerprint density at radius 1 is 1.44 bits per heavy atom. The third-order valence-electron chi connectivity index (χ3n) is 0.450. The third kappa shape index (κ3) is 7.02. The van der Waals surface area contributed by atoms with E-state index in [1.54, 1.807) is 11.8 Å². The lowest BCUT2D eigenvalue weighted by Gasteiger charge is -1.96. The van der Waals surface area contributed by atoms with Crippen LogP contribution in [0.1, 0.15) is 6.42 Å². The molecule has 0 aliphatic carbocycles. The summed E-state index contributed by atoms with van der Waals surface area (Å²) < 4.78 is 33.5. The largest absolute Gasteiger partial charge is 0.399 e. The van der Waals surface area contributed by atoms with Crippen LogP contribution in [0.5, 0.6) is 0 Å². The molecule has 0 atom stereocenters. The molecule has 0 amide bonds. The number of rotatable bonds is 0. The fourth-order valence-corrected chi connectivity index (χ4v) is 0.193. The molecule has 0 aromatic rings. The predicted octanol–water partition coefficient (Wildman–Crippen LogP) is 1.14. The smallest absolute Gasteiger partial charge is 0.289 e. The van der Waals surface area contributed by atoms with Crippen LogP contribution in [0.25, 0.3) is 0 Å². The quantitative estimate of drug-likeness (QED) is 0.360. The highest BCUT2D eigenvalue weighted by atomic mass is 19.4. The summed E-state index contributed by atoms with van der Waals surface area (Å²) in [7, 11) is 0. The van der Waals surface area contributed by atoms with Crippen molar-refractivity contribution < 1.29 is 18.0 Å². The van der Waals surface area contributed by atoms with E-state index in [4.69, 9.17) is 0 Å². The van der Waals surface area contributed by atoms with Gasteiger partial charge < -0.3 is 0 Å². The van der Waals surface area contributed by atoms with Crippen molar-refractivity contribution >= 4 is 6.29 Å². The van der Waals surface area contributed by atoms with Crippen molar-refractivity contribution in [1.82, 2.24) is 0 Å². The molecule has 0 saturated carbocycles. The van der Waals surface area contributed by atoms with Crippen LogP contribution in [0, 0.1) is 11.8 Å². The maximum absolute atomic E-state index is 11.2. The summed E-state index contributed by atoms with van der Waals surface area (Å²) in [5.41, 5.74) is 0. The summed E-state index contributed by atoms with van der Waals surface area (Å²) in [5.74, 6) is 3.29. The van der Waals surface area contributed by atoms with Crippen LogP contribution in [0.4, 0.5) is 13.2 Å². The highest BCUT2D eigenvalue weighted by Crippen LogP contribution is 2.17. The molecule has 0 radical (unpaired) electrons. The first-order valence-corrected chi connectivity index (χ1v) is 2.05. The van der Waals surface area contributed by atoms with Crippen molar-refractivity contribution in [2.75, 3.05) is 0 Å². The van der Waals surface area contributed by atoms with Crippen LogP contribution in [-0.4, -0.2) is 12.5 Å². The average Bonchev–Trinajstić information content (AvgIpc) is 1.63.